The van der Waals surface area contributed by atoms with E-state index in [1.165, 1.54) is 0 Å². The standard InChI is InChI=1S/C12H9N3O2/c1-7-6-9(11-14-12(16)17-15-11)8-4-2-3-5-10(8)13-7/h2-6H,1H3,(H,14,15,16). The zero-order valence-corrected chi connectivity index (χ0v) is 9.10. The summed E-state index contributed by atoms with van der Waals surface area (Å²) in [6, 6.07) is 9.56. The van der Waals surface area contributed by atoms with Gasteiger partial charge in [0.05, 0.1) is 5.52 Å². The second-order valence-corrected chi connectivity index (χ2v) is 3.77. The molecule has 0 spiro atoms. The smallest absolute Gasteiger partial charge is 0.296 e. The van der Waals surface area contributed by atoms with E-state index in [-0.39, 0.29) is 0 Å². The molecule has 84 valence electrons. The molecule has 17 heavy (non-hydrogen) atoms. The highest BCUT2D eigenvalue weighted by Crippen LogP contribution is 2.25. The van der Waals surface area contributed by atoms with E-state index in [0.29, 0.717) is 5.82 Å². The fourth-order valence-corrected chi connectivity index (χ4v) is 1.85. The highest BCUT2D eigenvalue weighted by Gasteiger charge is 2.09. The third-order valence-corrected chi connectivity index (χ3v) is 2.54. The van der Waals surface area contributed by atoms with Gasteiger partial charge in [-0.05, 0) is 19.1 Å². The van der Waals surface area contributed by atoms with Gasteiger partial charge in [0.25, 0.3) is 0 Å². The first-order chi connectivity index (χ1) is 8.24. The van der Waals surface area contributed by atoms with Crippen LogP contribution in [0.15, 0.2) is 39.6 Å². The molecule has 5 heteroatoms. The van der Waals surface area contributed by atoms with Crippen molar-refractivity contribution in [3.8, 4) is 11.4 Å². The van der Waals surface area contributed by atoms with Gasteiger partial charge in [-0.15, -0.1) is 0 Å². The molecule has 2 heterocycles. The number of hydrogen-bond donors (Lipinski definition) is 1. The van der Waals surface area contributed by atoms with Crippen LogP contribution in [0.3, 0.4) is 0 Å². The fraction of sp³-hybridized carbons (Fsp3) is 0.0833. The second kappa shape index (κ2) is 3.55. The molecular formula is C12H9N3O2. The van der Waals surface area contributed by atoms with Crippen molar-refractivity contribution in [2.75, 3.05) is 0 Å². The maximum absolute atomic E-state index is 11.0. The van der Waals surface area contributed by atoms with Crippen molar-refractivity contribution in [2.45, 2.75) is 6.92 Å². The van der Waals surface area contributed by atoms with Gasteiger partial charge in [0.15, 0.2) is 5.82 Å². The Kier molecular flexibility index (Phi) is 2.04. The van der Waals surface area contributed by atoms with Crippen LogP contribution in [0.25, 0.3) is 22.3 Å². The van der Waals surface area contributed by atoms with Gasteiger partial charge >= 0.3 is 5.76 Å². The highest BCUT2D eigenvalue weighted by molar-refractivity contribution is 5.92. The number of nitrogens with zero attached hydrogens (tertiary/aromatic N) is 2. The summed E-state index contributed by atoms with van der Waals surface area (Å²) in [5.74, 6) is -0.129. The third kappa shape index (κ3) is 1.61. The summed E-state index contributed by atoms with van der Waals surface area (Å²) in [7, 11) is 0. The van der Waals surface area contributed by atoms with E-state index in [1.807, 2.05) is 37.3 Å². The molecule has 0 saturated heterocycles. The number of fused-ring (bicyclic) bond motifs is 1. The van der Waals surface area contributed by atoms with Crippen molar-refractivity contribution in [1.29, 1.82) is 0 Å². The molecule has 0 bridgehead atoms. The minimum atomic E-state index is -0.557. The lowest BCUT2D eigenvalue weighted by Gasteiger charge is -2.03. The molecule has 3 rings (SSSR count). The van der Waals surface area contributed by atoms with E-state index in [4.69, 9.17) is 0 Å². The van der Waals surface area contributed by atoms with Crippen molar-refractivity contribution >= 4 is 10.9 Å². The Morgan fingerprint density at radius 3 is 2.88 bits per heavy atom. The summed E-state index contributed by atoms with van der Waals surface area (Å²) >= 11 is 0. The molecule has 0 atom stereocenters. The number of hydrogen-bond acceptors (Lipinski definition) is 4. The van der Waals surface area contributed by atoms with Crippen LogP contribution in [-0.4, -0.2) is 15.1 Å². The van der Waals surface area contributed by atoms with Crippen LogP contribution in [0.2, 0.25) is 0 Å². The Morgan fingerprint density at radius 2 is 2.12 bits per heavy atom. The van der Waals surface area contributed by atoms with Crippen molar-refractivity contribution in [3.05, 3.63) is 46.6 Å². The molecule has 0 fully saturated rings. The Balaban J connectivity index is 2.39. The summed E-state index contributed by atoms with van der Waals surface area (Å²) in [6.07, 6.45) is 0. The third-order valence-electron chi connectivity index (χ3n) is 2.54. The van der Waals surface area contributed by atoms with Gasteiger partial charge in [-0.2, -0.15) is 0 Å². The molecule has 1 N–H and O–H groups in total. The van der Waals surface area contributed by atoms with E-state index in [9.17, 15) is 4.79 Å². The van der Waals surface area contributed by atoms with Crippen LogP contribution >= 0.6 is 0 Å². The van der Waals surface area contributed by atoms with Crippen molar-refractivity contribution in [3.63, 3.8) is 0 Å². The van der Waals surface area contributed by atoms with Crippen LogP contribution in [0.5, 0.6) is 0 Å². The molecule has 5 nitrogen and oxygen atoms in total. The van der Waals surface area contributed by atoms with Gasteiger partial charge in [0.2, 0.25) is 0 Å². The summed E-state index contributed by atoms with van der Waals surface area (Å²) < 4.78 is 4.53. The number of benzene rings is 1. The van der Waals surface area contributed by atoms with Gasteiger partial charge in [-0.1, -0.05) is 23.4 Å². The molecule has 0 unspecified atom stereocenters. The number of para-hydroxylation sites is 1. The normalized spacial score (nSPS) is 10.9. The molecule has 0 aliphatic heterocycles. The SMILES string of the molecule is Cc1cc(-c2noc(=O)[nH]2)c2ccccc2n1. The Bertz CT molecular complexity index is 743. The fourth-order valence-electron chi connectivity index (χ4n) is 1.85. The maximum Gasteiger partial charge on any atom is 0.439 e. The molecule has 0 aliphatic rings. The molecule has 0 saturated carbocycles. The Morgan fingerprint density at radius 1 is 1.29 bits per heavy atom. The van der Waals surface area contributed by atoms with Gasteiger partial charge in [0, 0.05) is 16.6 Å². The van der Waals surface area contributed by atoms with Crippen molar-refractivity contribution in [2.24, 2.45) is 0 Å². The summed E-state index contributed by atoms with van der Waals surface area (Å²) in [5, 5.41) is 4.64. The first-order valence-electron chi connectivity index (χ1n) is 5.17. The molecule has 0 aliphatic carbocycles. The van der Waals surface area contributed by atoms with Crippen LogP contribution in [0.1, 0.15) is 5.69 Å². The second-order valence-electron chi connectivity index (χ2n) is 3.77. The van der Waals surface area contributed by atoms with Gasteiger partial charge in [-0.3, -0.25) is 14.5 Å². The molecule has 1 aromatic carbocycles. The maximum atomic E-state index is 11.0. The van der Waals surface area contributed by atoms with Crippen LogP contribution in [-0.2, 0) is 0 Å². The molecule has 0 amide bonds. The number of nitrogens with one attached hydrogen (secondary N) is 1. The minimum absolute atomic E-state index is 0.428. The number of H-pyrrole nitrogens is 1. The number of aryl methyl sites for hydroxylation is 1. The zero-order chi connectivity index (χ0) is 11.8. The summed E-state index contributed by atoms with van der Waals surface area (Å²) in [4.78, 5) is 18.0. The van der Waals surface area contributed by atoms with E-state index in [1.54, 1.807) is 0 Å². The monoisotopic (exact) mass is 227 g/mol. The lowest BCUT2D eigenvalue weighted by Crippen LogP contribution is -1.96. The number of aromatic nitrogens is 3. The molecule has 0 radical (unpaired) electrons. The largest absolute Gasteiger partial charge is 0.439 e. The first kappa shape index (κ1) is 9.77. The average molecular weight is 227 g/mol. The van der Waals surface area contributed by atoms with E-state index >= 15 is 0 Å². The van der Waals surface area contributed by atoms with Crippen molar-refractivity contribution in [1.82, 2.24) is 15.1 Å². The van der Waals surface area contributed by atoms with Gasteiger partial charge < -0.3 is 0 Å². The lowest BCUT2D eigenvalue weighted by atomic mass is 10.1. The minimum Gasteiger partial charge on any atom is -0.296 e. The van der Waals surface area contributed by atoms with Gasteiger partial charge in [-0.25, -0.2) is 4.79 Å². The quantitative estimate of drug-likeness (QED) is 0.689. The lowest BCUT2D eigenvalue weighted by molar-refractivity contribution is 0.388. The zero-order valence-electron chi connectivity index (χ0n) is 9.10. The molecular weight excluding hydrogens is 218 g/mol. The predicted octanol–water partition coefficient (Wildman–Crippen LogP) is 1.89. The Hall–Kier alpha value is -2.43. The van der Waals surface area contributed by atoms with E-state index in [2.05, 4.69) is 19.6 Å². The number of aromatic amines is 1. The summed E-state index contributed by atoms with van der Waals surface area (Å²) in [6.45, 7) is 1.90. The highest BCUT2D eigenvalue weighted by atomic mass is 16.5. The van der Waals surface area contributed by atoms with E-state index < -0.39 is 5.76 Å². The Labute approximate surface area is 96.1 Å². The number of pyridine rings is 1. The first-order valence-corrected chi connectivity index (χ1v) is 5.17. The van der Waals surface area contributed by atoms with Crippen LogP contribution < -0.4 is 5.76 Å². The topological polar surface area (TPSA) is 71.8 Å². The van der Waals surface area contributed by atoms with Crippen LogP contribution in [0, 0.1) is 6.92 Å². The van der Waals surface area contributed by atoms with Crippen LogP contribution in [0.4, 0.5) is 0 Å². The van der Waals surface area contributed by atoms with E-state index in [0.717, 1.165) is 22.2 Å². The van der Waals surface area contributed by atoms with Crippen molar-refractivity contribution < 1.29 is 4.52 Å². The molecule has 3 aromatic rings. The average Bonchev–Trinajstić information content (AvgIpc) is 2.74. The number of rotatable bonds is 1. The molecule has 2 aromatic heterocycles. The predicted molar refractivity (Wildman–Crippen MR) is 62.6 cm³/mol. The van der Waals surface area contributed by atoms with Gasteiger partial charge in [0.1, 0.15) is 0 Å². The summed E-state index contributed by atoms with van der Waals surface area (Å²) in [5.41, 5.74) is 2.55.